The van der Waals surface area contributed by atoms with E-state index in [9.17, 15) is 5.11 Å². The number of aliphatic hydroxyl groups excluding tert-OH is 1. The van der Waals surface area contributed by atoms with Crippen molar-refractivity contribution in [1.82, 2.24) is 0 Å². The van der Waals surface area contributed by atoms with Gasteiger partial charge in [0.1, 0.15) is 0 Å². The second-order valence-electron chi connectivity index (χ2n) is 7.63. The number of aliphatic hydroxyl groups is 1. The minimum absolute atomic E-state index is 0.142. The molecule has 20 heavy (non-hydrogen) atoms. The van der Waals surface area contributed by atoms with Crippen LogP contribution in [0.5, 0.6) is 0 Å². The highest BCUT2D eigenvalue weighted by Crippen LogP contribution is 2.61. The van der Waals surface area contributed by atoms with Gasteiger partial charge in [0.2, 0.25) is 0 Å². The fraction of sp³-hybridized carbons (Fsp3) is 0.667. The van der Waals surface area contributed by atoms with Crippen molar-refractivity contribution in [2.45, 2.75) is 51.0 Å². The van der Waals surface area contributed by atoms with Crippen LogP contribution in [0.3, 0.4) is 0 Å². The molecule has 0 aliphatic heterocycles. The van der Waals surface area contributed by atoms with Crippen LogP contribution >= 0.6 is 15.9 Å². The zero-order chi connectivity index (χ0) is 13.7. The van der Waals surface area contributed by atoms with E-state index in [1.165, 1.54) is 44.1 Å². The first kappa shape index (κ1) is 13.3. The molecule has 1 aromatic carbocycles. The molecule has 0 aromatic heterocycles. The van der Waals surface area contributed by atoms with Gasteiger partial charge in [-0.1, -0.05) is 28.1 Å². The number of halogens is 1. The van der Waals surface area contributed by atoms with Crippen LogP contribution in [0.4, 0.5) is 0 Å². The third-order valence-corrected chi connectivity index (χ3v) is 6.66. The zero-order valence-electron chi connectivity index (χ0n) is 11.9. The van der Waals surface area contributed by atoms with Crippen LogP contribution in [0, 0.1) is 23.2 Å². The summed E-state index contributed by atoms with van der Waals surface area (Å²) in [5.41, 5.74) is 1.53. The first-order valence-corrected chi connectivity index (χ1v) is 8.85. The molecule has 1 aromatic rings. The molecule has 5 rings (SSSR count). The summed E-state index contributed by atoms with van der Waals surface area (Å²) >= 11 is 3.48. The maximum absolute atomic E-state index is 10.9. The Hall–Kier alpha value is -0.340. The van der Waals surface area contributed by atoms with Crippen molar-refractivity contribution >= 4 is 15.9 Å². The minimum atomic E-state index is -0.142. The fourth-order valence-corrected chi connectivity index (χ4v) is 5.91. The van der Waals surface area contributed by atoms with E-state index in [1.54, 1.807) is 0 Å². The molecule has 108 valence electrons. The second-order valence-corrected chi connectivity index (χ2v) is 8.54. The van der Waals surface area contributed by atoms with Crippen LogP contribution in [0.15, 0.2) is 28.7 Å². The van der Waals surface area contributed by atoms with Crippen molar-refractivity contribution in [2.24, 2.45) is 23.2 Å². The molecule has 0 amide bonds. The van der Waals surface area contributed by atoms with Gasteiger partial charge < -0.3 is 5.11 Å². The van der Waals surface area contributed by atoms with Gasteiger partial charge in [-0.15, -0.1) is 0 Å². The first-order valence-electron chi connectivity index (χ1n) is 8.05. The summed E-state index contributed by atoms with van der Waals surface area (Å²) in [6.45, 7) is 0. The highest BCUT2D eigenvalue weighted by atomic mass is 79.9. The van der Waals surface area contributed by atoms with Gasteiger partial charge in [-0.25, -0.2) is 0 Å². The maximum Gasteiger partial charge on any atom is 0.0637 e. The average molecular weight is 335 g/mol. The summed E-state index contributed by atoms with van der Waals surface area (Å²) in [7, 11) is 0. The Morgan fingerprint density at radius 2 is 1.50 bits per heavy atom. The largest absolute Gasteiger partial charge is 0.392 e. The summed E-state index contributed by atoms with van der Waals surface area (Å²) in [4.78, 5) is 0. The summed E-state index contributed by atoms with van der Waals surface area (Å²) in [6.07, 6.45) is 8.90. The smallest absolute Gasteiger partial charge is 0.0637 e. The highest BCUT2D eigenvalue weighted by molar-refractivity contribution is 9.10. The predicted octanol–water partition coefficient (Wildman–Crippen LogP) is 4.57. The third kappa shape index (κ3) is 2.25. The molecule has 4 aliphatic rings. The fourth-order valence-electron chi connectivity index (χ4n) is 5.65. The van der Waals surface area contributed by atoms with Crippen LogP contribution in [-0.4, -0.2) is 11.2 Å². The molecule has 4 saturated carbocycles. The average Bonchev–Trinajstić information content (AvgIpc) is 2.40. The molecular formula is C18H23BrO. The van der Waals surface area contributed by atoms with Crippen molar-refractivity contribution in [1.29, 1.82) is 0 Å². The van der Waals surface area contributed by atoms with Gasteiger partial charge in [0.15, 0.2) is 0 Å². The van der Waals surface area contributed by atoms with Gasteiger partial charge in [-0.05, 0) is 85.8 Å². The monoisotopic (exact) mass is 334 g/mol. The lowest BCUT2D eigenvalue weighted by atomic mass is 9.48. The van der Waals surface area contributed by atoms with Gasteiger partial charge in [0.25, 0.3) is 0 Å². The van der Waals surface area contributed by atoms with E-state index in [-0.39, 0.29) is 11.5 Å². The number of benzene rings is 1. The predicted molar refractivity (Wildman–Crippen MR) is 84.5 cm³/mol. The standard InChI is InChI=1S/C18H23BrO/c19-16-3-1-12(2-4-16)8-17(20)18-9-13-5-14(10-18)7-15(6-13)11-18/h1-4,13-15,17,20H,5-11H2. The molecule has 1 unspecified atom stereocenters. The van der Waals surface area contributed by atoms with Crippen molar-refractivity contribution in [3.63, 3.8) is 0 Å². The Kier molecular flexibility index (Phi) is 3.23. The van der Waals surface area contributed by atoms with Crippen LogP contribution in [0.2, 0.25) is 0 Å². The van der Waals surface area contributed by atoms with Crippen molar-refractivity contribution in [3.05, 3.63) is 34.3 Å². The number of hydrogen-bond donors (Lipinski definition) is 1. The van der Waals surface area contributed by atoms with Gasteiger partial charge in [-0.3, -0.25) is 0 Å². The first-order chi connectivity index (χ1) is 9.63. The van der Waals surface area contributed by atoms with Crippen LogP contribution in [0.1, 0.15) is 44.1 Å². The molecule has 1 nitrogen and oxygen atoms in total. The topological polar surface area (TPSA) is 20.2 Å². The molecule has 2 heteroatoms. The van der Waals surface area contributed by atoms with Crippen molar-refractivity contribution in [2.75, 3.05) is 0 Å². The Morgan fingerprint density at radius 3 is 2.00 bits per heavy atom. The van der Waals surface area contributed by atoms with Gasteiger partial charge in [-0.2, -0.15) is 0 Å². The molecule has 4 fully saturated rings. The Morgan fingerprint density at radius 1 is 1.00 bits per heavy atom. The normalized spacial score (nSPS) is 40.0. The molecule has 1 atom stereocenters. The third-order valence-electron chi connectivity index (χ3n) is 6.13. The molecule has 0 saturated heterocycles. The van der Waals surface area contributed by atoms with E-state index in [4.69, 9.17) is 0 Å². The number of hydrogen-bond acceptors (Lipinski definition) is 1. The van der Waals surface area contributed by atoms with E-state index >= 15 is 0 Å². The second kappa shape index (κ2) is 4.84. The summed E-state index contributed by atoms with van der Waals surface area (Å²) in [6, 6.07) is 8.46. The zero-order valence-corrected chi connectivity index (χ0v) is 13.5. The Labute approximate surface area is 129 Å². The molecule has 0 spiro atoms. The molecule has 4 bridgehead atoms. The van der Waals surface area contributed by atoms with Crippen molar-refractivity contribution in [3.8, 4) is 0 Å². The van der Waals surface area contributed by atoms with E-state index in [0.717, 1.165) is 28.6 Å². The SMILES string of the molecule is OC(Cc1ccc(Br)cc1)C12CC3CC(CC(C3)C1)C2. The maximum atomic E-state index is 10.9. The lowest BCUT2D eigenvalue weighted by Crippen LogP contribution is -2.52. The summed E-state index contributed by atoms with van der Waals surface area (Å²) in [5, 5.41) is 10.9. The van der Waals surface area contributed by atoms with Gasteiger partial charge in [0, 0.05) is 4.47 Å². The van der Waals surface area contributed by atoms with E-state index in [2.05, 4.69) is 40.2 Å². The molecular weight excluding hydrogens is 312 g/mol. The molecule has 0 heterocycles. The van der Waals surface area contributed by atoms with Crippen LogP contribution in [-0.2, 0) is 6.42 Å². The molecule has 0 radical (unpaired) electrons. The van der Waals surface area contributed by atoms with E-state index in [1.807, 2.05) is 0 Å². The van der Waals surface area contributed by atoms with Crippen LogP contribution < -0.4 is 0 Å². The minimum Gasteiger partial charge on any atom is -0.392 e. The Bertz CT molecular complexity index is 457. The lowest BCUT2D eigenvalue weighted by Gasteiger charge is -2.58. The Balaban J connectivity index is 1.53. The van der Waals surface area contributed by atoms with Crippen LogP contribution in [0.25, 0.3) is 0 Å². The van der Waals surface area contributed by atoms with E-state index < -0.39 is 0 Å². The number of rotatable bonds is 3. The molecule has 4 aliphatic carbocycles. The lowest BCUT2D eigenvalue weighted by molar-refractivity contribution is -0.119. The highest BCUT2D eigenvalue weighted by Gasteiger charge is 2.53. The van der Waals surface area contributed by atoms with Crippen molar-refractivity contribution < 1.29 is 5.11 Å². The summed E-state index contributed by atoms with van der Waals surface area (Å²) < 4.78 is 1.12. The summed E-state index contributed by atoms with van der Waals surface area (Å²) in [5.74, 6) is 2.75. The quantitative estimate of drug-likeness (QED) is 0.858. The molecule has 1 N–H and O–H groups in total. The van der Waals surface area contributed by atoms with E-state index in [0.29, 0.717) is 0 Å². The van der Waals surface area contributed by atoms with Gasteiger partial charge in [0.05, 0.1) is 6.10 Å². The van der Waals surface area contributed by atoms with Gasteiger partial charge >= 0.3 is 0 Å².